The van der Waals surface area contributed by atoms with Crippen molar-refractivity contribution in [3.63, 3.8) is 0 Å². The highest BCUT2D eigenvalue weighted by Gasteiger charge is 2.33. The molecule has 0 saturated heterocycles. The average Bonchev–Trinajstić information content (AvgIpc) is 2.91. The molecule has 236 valence electrons. The van der Waals surface area contributed by atoms with Gasteiger partial charge in [0, 0.05) is 27.6 Å². The number of carboxylic acids is 1. The number of benzene rings is 1. The van der Waals surface area contributed by atoms with Crippen molar-refractivity contribution in [2.45, 2.75) is 83.3 Å². The maximum atomic E-state index is 13.4. The fourth-order valence-electron chi connectivity index (χ4n) is 4.25. The smallest absolute Gasteiger partial charge is 0.305 e. The zero-order valence-corrected chi connectivity index (χ0v) is 24.8. The highest BCUT2D eigenvalue weighted by Crippen LogP contribution is 2.13. The lowest BCUT2D eigenvalue weighted by Crippen LogP contribution is -2.59. The van der Waals surface area contributed by atoms with Crippen LogP contribution in [0.15, 0.2) is 24.3 Å². The SMILES string of the molecule is COC(OC)C(CC(=O)O)NC(=O)C(CCCCN)NC(=O)C(NC(=O)C(Cc1ccc(O)cc1)NC(C)=O)C(C)C. The minimum absolute atomic E-state index is 0.0510. The van der Waals surface area contributed by atoms with Crippen LogP contribution in [0.4, 0.5) is 0 Å². The van der Waals surface area contributed by atoms with Crippen LogP contribution in [0.1, 0.15) is 52.0 Å². The summed E-state index contributed by atoms with van der Waals surface area (Å²) in [6, 6.07) is 1.95. The molecule has 8 N–H and O–H groups in total. The van der Waals surface area contributed by atoms with Crippen LogP contribution in [-0.2, 0) is 39.9 Å². The number of rotatable bonds is 19. The summed E-state index contributed by atoms with van der Waals surface area (Å²) in [7, 11) is 2.61. The van der Waals surface area contributed by atoms with E-state index in [1.807, 2.05) is 0 Å². The van der Waals surface area contributed by atoms with E-state index in [0.717, 1.165) is 0 Å². The summed E-state index contributed by atoms with van der Waals surface area (Å²) >= 11 is 0. The predicted molar refractivity (Wildman–Crippen MR) is 153 cm³/mol. The van der Waals surface area contributed by atoms with Gasteiger partial charge < -0.3 is 46.7 Å². The quantitative estimate of drug-likeness (QED) is 0.0823. The number of methoxy groups -OCH3 is 2. The van der Waals surface area contributed by atoms with Crippen molar-refractivity contribution in [3.8, 4) is 5.75 Å². The van der Waals surface area contributed by atoms with Gasteiger partial charge in [-0.3, -0.25) is 24.0 Å². The molecule has 4 amide bonds. The molecular formula is C28H45N5O9. The summed E-state index contributed by atoms with van der Waals surface area (Å²) in [5.74, 6) is -3.88. The Labute approximate surface area is 246 Å². The summed E-state index contributed by atoms with van der Waals surface area (Å²) in [4.78, 5) is 63.2. The number of amides is 4. The van der Waals surface area contributed by atoms with Gasteiger partial charge in [-0.1, -0.05) is 26.0 Å². The molecule has 14 nitrogen and oxygen atoms in total. The van der Waals surface area contributed by atoms with E-state index in [1.165, 1.54) is 33.3 Å². The van der Waals surface area contributed by atoms with Gasteiger partial charge in [0.15, 0.2) is 6.29 Å². The number of carbonyl (C=O) groups excluding carboxylic acids is 4. The van der Waals surface area contributed by atoms with Crippen molar-refractivity contribution < 1.29 is 43.7 Å². The fourth-order valence-corrected chi connectivity index (χ4v) is 4.25. The Balaban J connectivity index is 3.13. The first-order valence-electron chi connectivity index (χ1n) is 13.8. The Morgan fingerprint density at radius 2 is 1.45 bits per heavy atom. The molecular weight excluding hydrogens is 550 g/mol. The molecule has 0 aliphatic carbocycles. The third-order valence-corrected chi connectivity index (χ3v) is 6.41. The van der Waals surface area contributed by atoms with Crippen molar-refractivity contribution in [2.24, 2.45) is 11.7 Å². The number of phenols is 1. The van der Waals surface area contributed by atoms with Gasteiger partial charge in [0.05, 0.1) is 12.5 Å². The number of hydrogen-bond acceptors (Lipinski definition) is 9. The van der Waals surface area contributed by atoms with Crippen LogP contribution < -0.4 is 27.0 Å². The van der Waals surface area contributed by atoms with Gasteiger partial charge in [0.2, 0.25) is 23.6 Å². The topological polar surface area (TPSA) is 218 Å². The minimum atomic E-state index is -1.19. The van der Waals surface area contributed by atoms with Crippen molar-refractivity contribution >= 4 is 29.6 Å². The third kappa shape index (κ3) is 12.8. The van der Waals surface area contributed by atoms with Crippen LogP contribution in [0.5, 0.6) is 5.75 Å². The van der Waals surface area contributed by atoms with Gasteiger partial charge in [-0.2, -0.15) is 0 Å². The molecule has 1 rings (SSSR count). The number of aromatic hydroxyl groups is 1. The largest absolute Gasteiger partial charge is 0.508 e. The first kappa shape index (κ1) is 36.3. The maximum Gasteiger partial charge on any atom is 0.305 e. The van der Waals surface area contributed by atoms with E-state index in [4.69, 9.17) is 15.2 Å². The Morgan fingerprint density at radius 1 is 0.857 bits per heavy atom. The molecule has 0 radical (unpaired) electrons. The molecule has 0 aliphatic heterocycles. The van der Waals surface area contributed by atoms with E-state index in [9.17, 15) is 34.2 Å². The van der Waals surface area contributed by atoms with Crippen LogP contribution in [0.3, 0.4) is 0 Å². The zero-order valence-electron chi connectivity index (χ0n) is 24.8. The van der Waals surface area contributed by atoms with E-state index in [1.54, 1.807) is 26.0 Å². The van der Waals surface area contributed by atoms with Crippen molar-refractivity contribution in [1.82, 2.24) is 21.3 Å². The van der Waals surface area contributed by atoms with Gasteiger partial charge in [0.25, 0.3) is 0 Å². The van der Waals surface area contributed by atoms with Crippen LogP contribution in [-0.4, -0.2) is 91.0 Å². The summed E-state index contributed by atoms with van der Waals surface area (Å²) in [6.07, 6.45) is -0.158. The van der Waals surface area contributed by atoms with Crippen LogP contribution in [0, 0.1) is 5.92 Å². The van der Waals surface area contributed by atoms with E-state index in [-0.39, 0.29) is 18.6 Å². The Bertz CT molecular complexity index is 1030. The van der Waals surface area contributed by atoms with E-state index in [0.29, 0.717) is 24.9 Å². The summed E-state index contributed by atoms with van der Waals surface area (Å²) in [6.45, 7) is 5.07. The molecule has 0 saturated carbocycles. The number of nitrogens with one attached hydrogen (secondary N) is 4. The molecule has 4 unspecified atom stereocenters. The molecule has 0 aliphatic rings. The van der Waals surface area contributed by atoms with Crippen LogP contribution in [0.25, 0.3) is 0 Å². The minimum Gasteiger partial charge on any atom is -0.508 e. The molecule has 4 atom stereocenters. The molecule has 42 heavy (non-hydrogen) atoms. The number of ether oxygens (including phenoxy) is 2. The van der Waals surface area contributed by atoms with Gasteiger partial charge in [-0.15, -0.1) is 0 Å². The Hall–Kier alpha value is -3.75. The lowest BCUT2D eigenvalue weighted by atomic mass is 9.99. The number of aliphatic carboxylic acids is 1. The van der Waals surface area contributed by atoms with Crippen molar-refractivity contribution in [1.29, 1.82) is 0 Å². The standard InChI is InChI=1S/C28H45N5O9/c1-16(2)24(33-26(39)21(30-17(3)34)14-18-9-11-19(35)12-10-18)27(40)31-20(8-6-7-13-29)25(38)32-22(15-23(36)37)28(41-4)42-5/h9-12,16,20-22,24,28,35H,6-8,13-15,29H2,1-5H3,(H,30,34)(H,31,40)(H,32,38)(H,33,39)(H,36,37). The lowest BCUT2D eigenvalue weighted by molar-refractivity contribution is -0.151. The number of phenolic OH excluding ortho intramolecular Hbond substituents is 1. The fraction of sp³-hybridized carbons (Fsp3) is 0.607. The molecule has 1 aromatic rings. The number of carbonyl (C=O) groups is 5. The van der Waals surface area contributed by atoms with Gasteiger partial charge in [-0.25, -0.2) is 0 Å². The number of carboxylic acid groups (broad SMARTS) is 1. The number of hydrogen-bond donors (Lipinski definition) is 7. The lowest BCUT2D eigenvalue weighted by Gasteiger charge is -2.29. The van der Waals surface area contributed by atoms with Gasteiger partial charge >= 0.3 is 5.97 Å². The second kappa shape index (κ2) is 18.6. The molecule has 0 bridgehead atoms. The molecule has 1 aromatic carbocycles. The number of unbranched alkanes of at least 4 members (excludes halogenated alkanes) is 1. The second-order valence-corrected chi connectivity index (χ2v) is 10.3. The van der Waals surface area contributed by atoms with E-state index >= 15 is 0 Å². The van der Waals surface area contributed by atoms with Crippen molar-refractivity contribution in [2.75, 3.05) is 20.8 Å². The second-order valence-electron chi connectivity index (χ2n) is 10.3. The molecule has 0 spiro atoms. The normalized spacial score (nSPS) is 14.0. The summed E-state index contributed by atoms with van der Waals surface area (Å²) < 4.78 is 10.3. The monoisotopic (exact) mass is 595 g/mol. The summed E-state index contributed by atoms with van der Waals surface area (Å²) in [5.41, 5.74) is 6.27. The molecule has 0 fully saturated rings. The third-order valence-electron chi connectivity index (χ3n) is 6.41. The van der Waals surface area contributed by atoms with Gasteiger partial charge in [0.1, 0.15) is 23.9 Å². The zero-order chi connectivity index (χ0) is 31.8. The van der Waals surface area contributed by atoms with Gasteiger partial charge in [-0.05, 0) is 49.4 Å². The van der Waals surface area contributed by atoms with E-state index < -0.39 is 72.4 Å². The summed E-state index contributed by atoms with van der Waals surface area (Å²) in [5, 5.41) is 29.4. The first-order chi connectivity index (χ1) is 19.8. The number of nitrogens with two attached hydrogens (primary N) is 1. The molecule has 0 aromatic heterocycles. The van der Waals surface area contributed by atoms with E-state index in [2.05, 4.69) is 21.3 Å². The highest BCUT2D eigenvalue weighted by molar-refractivity contribution is 5.94. The van der Waals surface area contributed by atoms with Crippen molar-refractivity contribution in [3.05, 3.63) is 29.8 Å². The maximum absolute atomic E-state index is 13.4. The predicted octanol–water partition coefficient (Wildman–Crippen LogP) is -0.228. The first-order valence-corrected chi connectivity index (χ1v) is 13.8. The molecule has 0 heterocycles. The average molecular weight is 596 g/mol. The highest BCUT2D eigenvalue weighted by atomic mass is 16.7. The Kier molecular flexibility index (Phi) is 16.1. The molecule has 14 heteroatoms. The van der Waals surface area contributed by atoms with Crippen LogP contribution >= 0.6 is 0 Å². The van der Waals surface area contributed by atoms with Crippen LogP contribution in [0.2, 0.25) is 0 Å². The Morgan fingerprint density at radius 3 is 1.95 bits per heavy atom.